The predicted octanol–water partition coefficient (Wildman–Crippen LogP) is 3.22. The fraction of sp³-hybridized carbons (Fsp3) is 0.294. The second-order valence-corrected chi connectivity index (χ2v) is 7.68. The van der Waals surface area contributed by atoms with Gasteiger partial charge in [-0.15, -0.1) is 21.5 Å². The van der Waals surface area contributed by atoms with Gasteiger partial charge in [-0.3, -0.25) is 9.78 Å². The lowest BCUT2D eigenvalue weighted by Crippen LogP contribution is -2.30. The Morgan fingerprint density at radius 2 is 2.12 bits per heavy atom. The molecule has 1 atom stereocenters. The highest BCUT2D eigenvalue weighted by Gasteiger charge is 2.20. The van der Waals surface area contributed by atoms with E-state index < -0.39 is 0 Å². The molecule has 3 rings (SSSR count). The third-order valence-electron chi connectivity index (χ3n) is 3.64. The third kappa shape index (κ3) is 4.26. The number of nitrogens with one attached hydrogen (secondary N) is 1. The van der Waals surface area contributed by atoms with Crippen LogP contribution in [0.1, 0.15) is 18.7 Å². The van der Waals surface area contributed by atoms with Crippen molar-refractivity contribution in [1.82, 2.24) is 25.1 Å². The van der Waals surface area contributed by atoms with E-state index in [0.29, 0.717) is 6.54 Å². The molecule has 0 saturated carbocycles. The van der Waals surface area contributed by atoms with Gasteiger partial charge in [-0.25, -0.2) is 0 Å². The van der Waals surface area contributed by atoms with Crippen LogP contribution in [0.5, 0.6) is 0 Å². The summed E-state index contributed by atoms with van der Waals surface area (Å²) in [5.74, 6) is 0.785. The molecule has 1 N–H and O–H groups in total. The molecule has 0 spiro atoms. The zero-order valence-electron chi connectivity index (χ0n) is 14.0. The average molecular weight is 374 g/mol. The number of rotatable bonds is 7. The number of hydrogen-bond acceptors (Lipinski definition) is 6. The van der Waals surface area contributed by atoms with E-state index in [1.165, 1.54) is 11.8 Å². The third-order valence-corrected chi connectivity index (χ3v) is 5.60. The van der Waals surface area contributed by atoms with Gasteiger partial charge in [-0.05, 0) is 37.4 Å². The Labute approximate surface area is 154 Å². The predicted molar refractivity (Wildman–Crippen MR) is 100 cm³/mol. The molecule has 0 bridgehead atoms. The van der Waals surface area contributed by atoms with Crippen molar-refractivity contribution in [2.45, 2.75) is 37.3 Å². The van der Waals surface area contributed by atoms with Crippen LogP contribution in [-0.4, -0.2) is 30.9 Å². The van der Waals surface area contributed by atoms with Gasteiger partial charge < -0.3 is 9.88 Å². The summed E-state index contributed by atoms with van der Waals surface area (Å²) in [5.41, 5.74) is 0.964. The van der Waals surface area contributed by atoms with Gasteiger partial charge >= 0.3 is 0 Å². The molecule has 25 heavy (non-hydrogen) atoms. The Morgan fingerprint density at radius 3 is 2.80 bits per heavy atom. The Morgan fingerprint density at radius 1 is 1.32 bits per heavy atom. The maximum absolute atomic E-state index is 12.3. The fourth-order valence-corrected chi connectivity index (χ4v) is 3.90. The molecular weight excluding hydrogens is 354 g/mol. The van der Waals surface area contributed by atoms with Crippen molar-refractivity contribution < 1.29 is 4.79 Å². The van der Waals surface area contributed by atoms with Gasteiger partial charge in [-0.1, -0.05) is 17.8 Å². The van der Waals surface area contributed by atoms with Crippen LogP contribution in [0.3, 0.4) is 0 Å². The van der Waals surface area contributed by atoms with E-state index in [4.69, 9.17) is 0 Å². The molecule has 0 aromatic carbocycles. The summed E-state index contributed by atoms with van der Waals surface area (Å²) in [5, 5.41) is 14.0. The van der Waals surface area contributed by atoms with Crippen LogP contribution in [0, 0.1) is 0 Å². The van der Waals surface area contributed by atoms with E-state index in [0.717, 1.165) is 28.0 Å². The van der Waals surface area contributed by atoms with E-state index in [9.17, 15) is 4.79 Å². The van der Waals surface area contributed by atoms with Crippen molar-refractivity contribution in [2.24, 2.45) is 0 Å². The Hall–Kier alpha value is -2.19. The monoisotopic (exact) mass is 373 g/mol. The maximum Gasteiger partial charge on any atom is 0.233 e. The highest BCUT2D eigenvalue weighted by molar-refractivity contribution is 8.00. The molecule has 0 fully saturated rings. The molecule has 0 radical (unpaired) electrons. The lowest BCUT2D eigenvalue weighted by Gasteiger charge is -2.12. The lowest BCUT2D eigenvalue weighted by molar-refractivity contribution is -0.120. The maximum atomic E-state index is 12.3. The molecule has 1 unspecified atom stereocenters. The van der Waals surface area contributed by atoms with Crippen LogP contribution in [0.25, 0.3) is 11.4 Å². The largest absolute Gasteiger partial charge is 0.350 e. The first-order valence-electron chi connectivity index (χ1n) is 7.99. The highest BCUT2D eigenvalue weighted by Crippen LogP contribution is 2.26. The molecule has 0 aliphatic carbocycles. The minimum Gasteiger partial charge on any atom is -0.350 e. The SMILES string of the molecule is CCn1c(SC(C)C(=O)NCc2cccs2)nnc1-c1ccncc1. The summed E-state index contributed by atoms with van der Waals surface area (Å²) in [6, 6.07) is 7.80. The highest BCUT2D eigenvalue weighted by atomic mass is 32.2. The van der Waals surface area contributed by atoms with Crippen LogP contribution >= 0.6 is 23.1 Å². The first-order valence-corrected chi connectivity index (χ1v) is 9.75. The number of thioether (sulfide) groups is 1. The first kappa shape index (κ1) is 17.6. The van der Waals surface area contributed by atoms with Crippen molar-refractivity contribution in [2.75, 3.05) is 0 Å². The van der Waals surface area contributed by atoms with Gasteiger partial charge in [0.05, 0.1) is 11.8 Å². The summed E-state index contributed by atoms with van der Waals surface area (Å²) in [6.45, 7) is 5.22. The molecule has 0 aliphatic heterocycles. The average Bonchev–Trinajstić information content (AvgIpc) is 3.29. The van der Waals surface area contributed by atoms with Gasteiger partial charge in [0.25, 0.3) is 0 Å². The van der Waals surface area contributed by atoms with Crippen molar-refractivity contribution in [3.63, 3.8) is 0 Å². The van der Waals surface area contributed by atoms with Crippen LogP contribution in [0.15, 0.2) is 47.2 Å². The molecule has 130 valence electrons. The van der Waals surface area contributed by atoms with Crippen molar-refractivity contribution in [3.8, 4) is 11.4 Å². The summed E-state index contributed by atoms with van der Waals surface area (Å²) >= 11 is 3.06. The van der Waals surface area contributed by atoms with E-state index in [-0.39, 0.29) is 11.2 Å². The molecule has 1 amide bonds. The number of pyridine rings is 1. The standard InChI is InChI=1S/C17H19N5OS2/c1-3-22-15(13-6-8-18-9-7-13)20-21-17(22)25-12(2)16(23)19-11-14-5-4-10-24-14/h4-10,12H,3,11H2,1-2H3,(H,19,23). The number of nitrogens with zero attached hydrogens (tertiary/aromatic N) is 4. The second kappa shape index (κ2) is 8.26. The van der Waals surface area contributed by atoms with Crippen molar-refractivity contribution in [3.05, 3.63) is 46.9 Å². The van der Waals surface area contributed by atoms with E-state index in [1.54, 1.807) is 23.7 Å². The number of carbonyl (C=O) groups excluding carboxylic acids is 1. The molecule has 0 aliphatic rings. The summed E-state index contributed by atoms with van der Waals surface area (Å²) in [4.78, 5) is 17.5. The fourth-order valence-electron chi connectivity index (χ4n) is 2.32. The van der Waals surface area contributed by atoms with Crippen molar-refractivity contribution in [1.29, 1.82) is 0 Å². The molecule has 6 nitrogen and oxygen atoms in total. The quantitative estimate of drug-likeness (QED) is 0.644. The zero-order valence-corrected chi connectivity index (χ0v) is 15.7. The zero-order chi connectivity index (χ0) is 17.6. The van der Waals surface area contributed by atoms with E-state index >= 15 is 0 Å². The minimum atomic E-state index is -0.250. The van der Waals surface area contributed by atoms with Gasteiger partial charge in [-0.2, -0.15) is 0 Å². The summed E-state index contributed by atoms with van der Waals surface area (Å²) in [7, 11) is 0. The molecule has 3 aromatic heterocycles. The first-order chi connectivity index (χ1) is 12.2. The molecular formula is C17H19N5OS2. The normalized spacial score (nSPS) is 12.1. The second-order valence-electron chi connectivity index (χ2n) is 5.34. The van der Waals surface area contributed by atoms with Gasteiger partial charge in [0.15, 0.2) is 11.0 Å². The lowest BCUT2D eigenvalue weighted by atomic mass is 10.2. The summed E-state index contributed by atoms with van der Waals surface area (Å²) in [6.07, 6.45) is 3.47. The van der Waals surface area contributed by atoms with Gasteiger partial charge in [0.2, 0.25) is 5.91 Å². The number of aromatic nitrogens is 4. The molecule has 3 heterocycles. The molecule has 8 heteroatoms. The Balaban J connectivity index is 1.67. The van der Waals surface area contributed by atoms with Crippen LogP contribution in [0.4, 0.5) is 0 Å². The summed E-state index contributed by atoms with van der Waals surface area (Å²) < 4.78 is 2.02. The number of thiophene rings is 1. The molecule has 0 saturated heterocycles. The van der Waals surface area contributed by atoms with Crippen molar-refractivity contribution >= 4 is 29.0 Å². The number of amides is 1. The van der Waals surface area contributed by atoms with Crippen LogP contribution in [0.2, 0.25) is 0 Å². The smallest absolute Gasteiger partial charge is 0.233 e. The van der Waals surface area contributed by atoms with E-state index in [2.05, 4.69) is 20.5 Å². The van der Waals surface area contributed by atoms with Crippen LogP contribution in [-0.2, 0) is 17.9 Å². The van der Waals surface area contributed by atoms with Crippen LogP contribution < -0.4 is 5.32 Å². The van der Waals surface area contributed by atoms with E-state index in [1.807, 2.05) is 48.1 Å². The number of carbonyl (C=O) groups is 1. The van der Waals surface area contributed by atoms with Gasteiger partial charge in [0.1, 0.15) is 0 Å². The number of hydrogen-bond donors (Lipinski definition) is 1. The molecule has 3 aromatic rings. The topological polar surface area (TPSA) is 72.7 Å². The minimum absolute atomic E-state index is 0.00508. The Bertz CT molecular complexity index is 817. The Kier molecular flexibility index (Phi) is 5.83. The van der Waals surface area contributed by atoms with Gasteiger partial charge in [0, 0.05) is 29.4 Å².